The zero-order valence-electron chi connectivity index (χ0n) is 14.7. The van der Waals surface area contributed by atoms with Crippen molar-refractivity contribution in [3.05, 3.63) is 17.0 Å². The Morgan fingerprint density at radius 1 is 1.35 bits per heavy atom. The van der Waals surface area contributed by atoms with Crippen molar-refractivity contribution in [2.24, 2.45) is 7.05 Å². The van der Waals surface area contributed by atoms with Gasteiger partial charge in [0.25, 0.3) is 0 Å². The summed E-state index contributed by atoms with van der Waals surface area (Å²) in [6.45, 7) is 10.4. The lowest BCUT2D eigenvalue weighted by Crippen LogP contribution is -2.41. The minimum atomic E-state index is -0.556. The van der Waals surface area contributed by atoms with Gasteiger partial charge in [-0.25, -0.2) is 9.59 Å². The Morgan fingerprint density at radius 3 is 2.57 bits per heavy atom. The van der Waals surface area contributed by atoms with E-state index in [-0.39, 0.29) is 12.0 Å². The second-order valence-electron chi connectivity index (χ2n) is 6.82. The van der Waals surface area contributed by atoms with Crippen LogP contribution in [0.3, 0.4) is 0 Å². The fraction of sp³-hybridized carbons (Fsp3) is 0.688. The van der Waals surface area contributed by atoms with Crippen molar-refractivity contribution >= 4 is 12.1 Å². The molecule has 128 valence electrons. The molecule has 1 aliphatic heterocycles. The van der Waals surface area contributed by atoms with Gasteiger partial charge in [-0.15, -0.1) is 0 Å². The summed E-state index contributed by atoms with van der Waals surface area (Å²) in [6, 6.07) is 0. The first-order chi connectivity index (χ1) is 10.6. The molecule has 7 nitrogen and oxygen atoms in total. The minimum absolute atomic E-state index is 0.0284. The molecule has 1 aromatic heterocycles. The third-order valence-electron chi connectivity index (χ3n) is 3.61. The summed E-state index contributed by atoms with van der Waals surface area (Å²) >= 11 is 0. The molecular weight excluding hydrogens is 298 g/mol. The molecule has 1 aromatic rings. The van der Waals surface area contributed by atoms with E-state index < -0.39 is 11.6 Å². The molecule has 2 rings (SSSR count). The van der Waals surface area contributed by atoms with Crippen molar-refractivity contribution in [2.45, 2.75) is 52.7 Å². The Kier molecular flexibility index (Phi) is 4.68. The Balaban J connectivity index is 2.31. The highest BCUT2D eigenvalue weighted by Crippen LogP contribution is 2.30. The summed E-state index contributed by atoms with van der Waals surface area (Å²) in [5, 5.41) is 4.44. The van der Waals surface area contributed by atoms with E-state index in [0.29, 0.717) is 25.4 Å². The highest BCUT2D eigenvalue weighted by molar-refractivity contribution is 5.90. The molecule has 1 atom stereocenters. The third-order valence-corrected chi connectivity index (χ3v) is 3.61. The normalized spacial score (nSPS) is 17.7. The number of rotatable bonds is 2. The average molecular weight is 323 g/mol. The van der Waals surface area contributed by atoms with E-state index in [9.17, 15) is 9.59 Å². The first-order valence-corrected chi connectivity index (χ1v) is 7.84. The first kappa shape index (κ1) is 17.3. The van der Waals surface area contributed by atoms with Crippen molar-refractivity contribution in [1.82, 2.24) is 14.7 Å². The molecule has 23 heavy (non-hydrogen) atoms. The molecule has 1 amide bonds. The van der Waals surface area contributed by atoms with Crippen molar-refractivity contribution in [3.8, 4) is 0 Å². The van der Waals surface area contributed by atoms with Gasteiger partial charge in [-0.1, -0.05) is 6.92 Å². The van der Waals surface area contributed by atoms with Crippen LogP contribution in [0.25, 0.3) is 0 Å². The van der Waals surface area contributed by atoms with E-state index in [1.807, 2.05) is 27.7 Å². The van der Waals surface area contributed by atoms with Gasteiger partial charge in [0.15, 0.2) is 5.69 Å². The zero-order chi connectivity index (χ0) is 17.4. The Labute approximate surface area is 136 Å². The van der Waals surface area contributed by atoms with E-state index in [1.165, 1.54) is 4.68 Å². The van der Waals surface area contributed by atoms with Gasteiger partial charge in [0, 0.05) is 25.1 Å². The number of aromatic nitrogens is 2. The van der Waals surface area contributed by atoms with Gasteiger partial charge in [-0.2, -0.15) is 5.10 Å². The predicted molar refractivity (Wildman–Crippen MR) is 84.2 cm³/mol. The number of aryl methyl sites for hydroxylation is 1. The number of esters is 1. The fourth-order valence-corrected chi connectivity index (χ4v) is 2.73. The lowest BCUT2D eigenvalue weighted by molar-refractivity contribution is 0.0204. The third kappa shape index (κ3) is 3.65. The van der Waals surface area contributed by atoms with Gasteiger partial charge >= 0.3 is 12.1 Å². The maximum Gasteiger partial charge on any atom is 0.410 e. The lowest BCUT2D eigenvalue weighted by atomic mass is 9.97. The Hall–Kier alpha value is -2.05. The summed E-state index contributed by atoms with van der Waals surface area (Å²) < 4.78 is 12.1. The van der Waals surface area contributed by atoms with Gasteiger partial charge in [-0.05, 0) is 27.7 Å². The van der Waals surface area contributed by atoms with Gasteiger partial charge in [0.2, 0.25) is 0 Å². The average Bonchev–Trinajstić information content (AvgIpc) is 2.74. The van der Waals surface area contributed by atoms with Crippen molar-refractivity contribution < 1.29 is 19.1 Å². The monoisotopic (exact) mass is 323 g/mol. The quantitative estimate of drug-likeness (QED) is 0.782. The second-order valence-corrected chi connectivity index (χ2v) is 6.82. The number of fused-ring (bicyclic) bond motifs is 1. The van der Waals surface area contributed by atoms with Gasteiger partial charge in [0.05, 0.1) is 18.8 Å². The van der Waals surface area contributed by atoms with E-state index in [0.717, 1.165) is 11.3 Å². The van der Waals surface area contributed by atoms with Crippen molar-refractivity contribution in [2.75, 3.05) is 13.2 Å². The molecule has 2 heterocycles. The number of hydrogen-bond donors (Lipinski definition) is 0. The molecule has 0 aliphatic carbocycles. The van der Waals surface area contributed by atoms with Crippen LogP contribution in [0.1, 0.15) is 62.3 Å². The topological polar surface area (TPSA) is 73.7 Å². The van der Waals surface area contributed by atoms with Gasteiger partial charge < -0.3 is 14.4 Å². The van der Waals surface area contributed by atoms with Crippen LogP contribution < -0.4 is 0 Å². The number of hydrogen-bond acceptors (Lipinski definition) is 5. The van der Waals surface area contributed by atoms with E-state index in [2.05, 4.69) is 5.10 Å². The number of amides is 1. The SMILES string of the molecule is CCOC(=O)c1c2c(nn1C)[C@H](C)CN(C(=O)OC(C)(C)C)C2. The molecule has 0 saturated heterocycles. The van der Waals surface area contributed by atoms with E-state index >= 15 is 0 Å². The summed E-state index contributed by atoms with van der Waals surface area (Å²) in [5.41, 5.74) is 1.44. The molecule has 0 spiro atoms. The minimum Gasteiger partial charge on any atom is -0.461 e. The molecule has 0 fully saturated rings. The van der Waals surface area contributed by atoms with Gasteiger partial charge in [0.1, 0.15) is 5.60 Å². The maximum atomic E-state index is 12.3. The van der Waals surface area contributed by atoms with Crippen LogP contribution in [-0.4, -0.2) is 45.5 Å². The molecule has 7 heteroatoms. The van der Waals surface area contributed by atoms with Crippen LogP contribution in [0.15, 0.2) is 0 Å². The molecule has 0 aromatic carbocycles. The van der Waals surface area contributed by atoms with Crippen LogP contribution in [0.4, 0.5) is 4.79 Å². The molecule has 0 radical (unpaired) electrons. The molecule has 0 unspecified atom stereocenters. The molecule has 0 saturated carbocycles. The van der Waals surface area contributed by atoms with Crippen LogP contribution in [0.2, 0.25) is 0 Å². The van der Waals surface area contributed by atoms with E-state index in [1.54, 1.807) is 18.9 Å². The van der Waals surface area contributed by atoms with Crippen LogP contribution >= 0.6 is 0 Å². The Morgan fingerprint density at radius 2 is 2.00 bits per heavy atom. The molecule has 0 N–H and O–H groups in total. The van der Waals surface area contributed by atoms with Crippen LogP contribution in [0, 0.1) is 0 Å². The molecular formula is C16H25N3O4. The summed E-state index contributed by atoms with van der Waals surface area (Å²) in [7, 11) is 1.72. The summed E-state index contributed by atoms with van der Waals surface area (Å²) in [6.07, 6.45) is -0.381. The highest BCUT2D eigenvalue weighted by atomic mass is 16.6. The second kappa shape index (κ2) is 6.22. The zero-order valence-corrected chi connectivity index (χ0v) is 14.7. The predicted octanol–water partition coefficient (Wildman–Crippen LogP) is 2.45. The number of nitrogens with zero attached hydrogens (tertiary/aromatic N) is 3. The van der Waals surface area contributed by atoms with Crippen LogP contribution in [-0.2, 0) is 23.1 Å². The fourth-order valence-electron chi connectivity index (χ4n) is 2.73. The highest BCUT2D eigenvalue weighted by Gasteiger charge is 2.35. The first-order valence-electron chi connectivity index (χ1n) is 7.84. The van der Waals surface area contributed by atoms with Crippen molar-refractivity contribution in [1.29, 1.82) is 0 Å². The largest absolute Gasteiger partial charge is 0.461 e. The molecule has 1 aliphatic rings. The summed E-state index contributed by atoms with van der Waals surface area (Å²) in [5.74, 6) is -0.386. The van der Waals surface area contributed by atoms with E-state index in [4.69, 9.17) is 9.47 Å². The number of ether oxygens (including phenoxy) is 2. The number of carbonyl (C=O) groups excluding carboxylic acids is 2. The Bertz CT molecular complexity index is 616. The number of carbonyl (C=O) groups is 2. The molecule has 0 bridgehead atoms. The summed E-state index contributed by atoms with van der Waals surface area (Å²) in [4.78, 5) is 26.1. The lowest BCUT2D eigenvalue weighted by Gasteiger charge is -2.32. The van der Waals surface area contributed by atoms with Crippen molar-refractivity contribution in [3.63, 3.8) is 0 Å². The standard InChI is InChI=1S/C16H25N3O4/c1-7-22-14(20)13-11-9-19(15(21)23-16(3,4)5)8-10(2)12(11)17-18(13)6/h10H,7-9H2,1-6H3/t10-/m1/s1. The smallest absolute Gasteiger partial charge is 0.410 e. The van der Waals surface area contributed by atoms with Gasteiger partial charge in [-0.3, -0.25) is 4.68 Å². The maximum absolute atomic E-state index is 12.3. The van der Waals surface area contributed by atoms with Crippen LogP contribution in [0.5, 0.6) is 0 Å².